The number of halogens is 2. The van der Waals surface area contributed by atoms with Crippen LogP contribution in [0.1, 0.15) is 0 Å². The van der Waals surface area contributed by atoms with Gasteiger partial charge in [0, 0.05) is 0 Å². The molecule has 0 heterocycles. The third-order valence-electron chi connectivity index (χ3n) is 0. The minimum atomic E-state index is 0. The topological polar surface area (TPSA) is 0 Å². The van der Waals surface area contributed by atoms with Crippen molar-refractivity contribution in [2.24, 2.45) is 0 Å². The Morgan fingerprint density at radius 2 is 1.75 bits per heavy atom. The van der Waals surface area contributed by atoms with Crippen molar-refractivity contribution in [2.75, 3.05) is 0 Å². The Morgan fingerprint density at radius 3 is 1.75 bits per heavy atom. The van der Waals surface area contributed by atoms with Crippen LogP contribution in [0.3, 0.4) is 0 Å². The molecule has 23 valence electrons. The molecule has 0 atom stereocenters. The van der Waals surface area contributed by atoms with Gasteiger partial charge in [-0.1, -0.05) is 11.6 Å². The number of hydrogen-bond acceptors (Lipinski definition) is 0. The van der Waals surface area contributed by atoms with Gasteiger partial charge in [0.2, 0.25) is 0 Å². The summed E-state index contributed by atoms with van der Waals surface area (Å²) in [5, 5.41) is 0. The zero-order valence-corrected chi connectivity index (χ0v) is 2.59. The van der Waals surface area contributed by atoms with Crippen LogP contribution >= 0.6 is 11.6 Å². The van der Waals surface area contributed by atoms with E-state index in [1.165, 1.54) is 0 Å². The van der Waals surface area contributed by atoms with Gasteiger partial charge in [0.15, 0.2) is 0 Å². The Balaban J connectivity index is 0. The Bertz CT molecular complexity index is 6.00. The molecular formula is C2HClF. The molecule has 5 radical (unpaired) electrons. The Morgan fingerprint density at radius 1 is 1.75 bits per heavy atom. The standard InChI is InChI=1S/CClF.CH/c2-1-3;/h;1H. The van der Waals surface area contributed by atoms with Crippen LogP contribution < -0.4 is 0 Å². The molecule has 0 rings (SSSR count). The molecular weight excluding hydrogens is 78.5 g/mol. The molecule has 0 nitrogen and oxygen atoms in total. The first-order chi connectivity index (χ1) is 1.41. The van der Waals surface area contributed by atoms with Gasteiger partial charge in [-0.15, -0.1) is 0 Å². The van der Waals surface area contributed by atoms with Gasteiger partial charge in [-0.3, -0.25) is 0 Å². The van der Waals surface area contributed by atoms with Gasteiger partial charge < -0.3 is 0 Å². The van der Waals surface area contributed by atoms with E-state index in [0.29, 0.717) is 0 Å². The second-order valence-electron chi connectivity index (χ2n) is 0.0714. The van der Waals surface area contributed by atoms with E-state index in [9.17, 15) is 4.39 Å². The summed E-state index contributed by atoms with van der Waals surface area (Å²) in [5.41, 5.74) is 0. The van der Waals surface area contributed by atoms with Crippen molar-refractivity contribution >= 4 is 11.6 Å². The van der Waals surface area contributed by atoms with Gasteiger partial charge in [-0.2, -0.15) is 0 Å². The van der Waals surface area contributed by atoms with E-state index in [4.69, 9.17) is 0 Å². The summed E-state index contributed by atoms with van der Waals surface area (Å²) in [4.78, 5) is 0. The molecule has 2 heteroatoms. The fourth-order valence-corrected chi connectivity index (χ4v) is 0. The van der Waals surface area contributed by atoms with Crippen molar-refractivity contribution in [1.82, 2.24) is 0 Å². The number of rotatable bonds is 0. The molecule has 0 saturated heterocycles. The first-order valence-corrected chi connectivity index (χ1v) is 0.756. The van der Waals surface area contributed by atoms with Crippen LogP contribution in [-0.4, -0.2) is 0 Å². The summed E-state index contributed by atoms with van der Waals surface area (Å²) in [6.45, 7) is 0. The molecule has 0 aromatic heterocycles. The van der Waals surface area contributed by atoms with E-state index >= 15 is 0 Å². The average Bonchev–Trinajstić information content (AvgIpc) is 0.918. The second kappa shape index (κ2) is 10.7. The highest BCUT2D eigenvalue weighted by atomic mass is 35.5. The van der Waals surface area contributed by atoms with E-state index in [1.54, 1.807) is 0 Å². The summed E-state index contributed by atoms with van der Waals surface area (Å²) in [6, 6.07) is 0. The molecule has 0 aromatic rings. The lowest BCUT2D eigenvalue weighted by atomic mass is 11.8. The lowest BCUT2D eigenvalue weighted by molar-refractivity contribution is 0.685. The molecule has 0 fully saturated rings. The molecule has 0 aromatic carbocycles. The molecule has 4 heavy (non-hydrogen) atoms. The van der Waals surface area contributed by atoms with Crippen molar-refractivity contribution in [3.05, 3.63) is 13.6 Å². The fourth-order valence-electron chi connectivity index (χ4n) is 0. The fraction of sp³-hybridized carbons (Fsp3) is 0. The maximum Gasteiger partial charge on any atom is 0.288 e. The highest BCUT2D eigenvalue weighted by molar-refractivity contribution is 6.21. The third-order valence-corrected chi connectivity index (χ3v) is 0. The minimum absolute atomic E-state index is 0. The molecule has 0 amide bonds. The van der Waals surface area contributed by atoms with E-state index in [1.807, 2.05) is 0 Å². The van der Waals surface area contributed by atoms with E-state index in [0.717, 1.165) is 6.13 Å². The predicted molar refractivity (Wildman–Crippen MR) is 14.5 cm³/mol. The van der Waals surface area contributed by atoms with Crippen LogP contribution in [0.5, 0.6) is 0 Å². The van der Waals surface area contributed by atoms with Crippen molar-refractivity contribution in [1.29, 1.82) is 0 Å². The molecule has 0 bridgehead atoms. The van der Waals surface area contributed by atoms with E-state index in [-0.39, 0.29) is 7.43 Å². The minimum Gasteiger partial charge on any atom is -0.216 e. The zero-order valence-electron chi connectivity index (χ0n) is 1.83. The van der Waals surface area contributed by atoms with Gasteiger partial charge in [0.1, 0.15) is 0 Å². The van der Waals surface area contributed by atoms with Crippen molar-refractivity contribution < 1.29 is 4.39 Å². The number of hydrogen-bond donors (Lipinski definition) is 0. The maximum absolute atomic E-state index is 9.81. The van der Waals surface area contributed by atoms with Crippen LogP contribution in [0.15, 0.2) is 0 Å². The summed E-state index contributed by atoms with van der Waals surface area (Å²) in [6.07, 6.45) is 0.722. The van der Waals surface area contributed by atoms with Crippen LogP contribution in [-0.2, 0) is 0 Å². The average molecular weight is 79.5 g/mol. The second-order valence-corrected chi connectivity index (χ2v) is 0.214. The lowest BCUT2D eigenvalue weighted by Gasteiger charge is -1.36. The largest absolute Gasteiger partial charge is 0.288 e. The lowest BCUT2D eigenvalue weighted by Crippen LogP contribution is -1.12. The van der Waals surface area contributed by atoms with Crippen LogP contribution in [0.25, 0.3) is 0 Å². The molecule has 0 aliphatic carbocycles. The molecule has 0 N–H and O–H groups in total. The van der Waals surface area contributed by atoms with E-state index in [2.05, 4.69) is 11.6 Å². The summed E-state index contributed by atoms with van der Waals surface area (Å²) in [5.74, 6) is 0. The molecule has 0 spiro atoms. The smallest absolute Gasteiger partial charge is 0.216 e. The monoisotopic (exact) mass is 79.0 g/mol. The van der Waals surface area contributed by atoms with Crippen molar-refractivity contribution in [3.63, 3.8) is 0 Å². The Labute approximate surface area is 30.6 Å². The van der Waals surface area contributed by atoms with Gasteiger partial charge >= 0.3 is 0 Å². The molecule has 0 unspecified atom stereocenters. The predicted octanol–water partition coefficient (Wildman–Crippen LogP) is 1.40. The first kappa shape index (κ1) is 8.88. The summed E-state index contributed by atoms with van der Waals surface area (Å²) < 4.78 is 9.81. The van der Waals surface area contributed by atoms with Gasteiger partial charge in [-0.25, -0.2) is 4.39 Å². The van der Waals surface area contributed by atoms with Gasteiger partial charge in [0.05, 0.1) is 0 Å². The van der Waals surface area contributed by atoms with Crippen molar-refractivity contribution in [3.8, 4) is 0 Å². The van der Waals surface area contributed by atoms with Gasteiger partial charge in [-0.05, 0) is 7.43 Å². The first-order valence-electron chi connectivity index (χ1n) is 0.378. The molecule has 0 aliphatic rings. The highest BCUT2D eigenvalue weighted by Gasteiger charge is 1.50. The Hall–Kier alpha value is 0.220. The third kappa shape index (κ3) is 68.3. The van der Waals surface area contributed by atoms with Crippen LogP contribution in [0, 0.1) is 13.6 Å². The zero-order chi connectivity index (χ0) is 2.71. The quantitative estimate of drug-likeness (QED) is 0.412. The molecule has 0 aliphatic heterocycles. The molecule has 0 saturated carbocycles. The van der Waals surface area contributed by atoms with Crippen molar-refractivity contribution in [2.45, 2.75) is 0 Å². The maximum atomic E-state index is 9.81. The van der Waals surface area contributed by atoms with Gasteiger partial charge in [0.25, 0.3) is 6.13 Å². The van der Waals surface area contributed by atoms with Crippen LogP contribution in [0.2, 0.25) is 0 Å². The summed E-state index contributed by atoms with van der Waals surface area (Å²) in [7, 11) is 0. The summed E-state index contributed by atoms with van der Waals surface area (Å²) >= 11 is 4.08. The SMILES string of the molecule is F[C]Cl.[CH]. The Kier molecular flexibility index (Phi) is 23.7. The highest BCUT2D eigenvalue weighted by Crippen LogP contribution is 1.76. The van der Waals surface area contributed by atoms with Crippen LogP contribution in [0.4, 0.5) is 4.39 Å². The van der Waals surface area contributed by atoms with E-state index < -0.39 is 0 Å². The normalized spacial score (nSPS) is 4.50.